The third-order valence-corrected chi connectivity index (χ3v) is 3.43. The average molecular weight is 284 g/mol. The molecule has 1 aliphatic heterocycles. The maximum Gasteiger partial charge on any atom is 0.257 e. The van der Waals surface area contributed by atoms with Crippen LogP contribution >= 0.6 is 0 Å². The number of likely N-dealkylation sites (tertiary alicyclic amines) is 1. The standard InChI is InChI=1S/C16H16N2O3/c19-12-7-9-18(11-12)16(20)14-5-1-2-6-15(14)21-13-4-3-8-17-10-13/h1-6,8,10,12,19H,7,9,11H2/t12-/m0/s1. The van der Waals surface area contributed by atoms with Crippen molar-refractivity contribution in [1.82, 2.24) is 9.88 Å². The van der Waals surface area contributed by atoms with Crippen LogP contribution in [0.25, 0.3) is 0 Å². The first kappa shape index (κ1) is 13.6. The van der Waals surface area contributed by atoms with Gasteiger partial charge in [-0.05, 0) is 30.7 Å². The van der Waals surface area contributed by atoms with E-state index in [-0.39, 0.29) is 5.91 Å². The summed E-state index contributed by atoms with van der Waals surface area (Å²) >= 11 is 0. The molecule has 1 atom stereocenters. The smallest absolute Gasteiger partial charge is 0.257 e. The van der Waals surface area contributed by atoms with Crippen molar-refractivity contribution in [3.63, 3.8) is 0 Å². The van der Waals surface area contributed by atoms with Gasteiger partial charge >= 0.3 is 0 Å². The molecule has 1 aliphatic rings. The Morgan fingerprint density at radius 3 is 2.86 bits per heavy atom. The van der Waals surface area contributed by atoms with Gasteiger partial charge in [0.1, 0.15) is 11.5 Å². The SMILES string of the molecule is O=C(c1ccccc1Oc1cccnc1)N1CC[C@H](O)C1. The van der Waals surface area contributed by atoms with E-state index in [2.05, 4.69) is 4.98 Å². The molecule has 21 heavy (non-hydrogen) atoms. The van der Waals surface area contributed by atoms with Crippen molar-refractivity contribution >= 4 is 5.91 Å². The van der Waals surface area contributed by atoms with Crippen LogP contribution in [0.3, 0.4) is 0 Å². The summed E-state index contributed by atoms with van der Waals surface area (Å²) < 4.78 is 5.74. The van der Waals surface area contributed by atoms with E-state index in [4.69, 9.17) is 4.74 Å². The van der Waals surface area contributed by atoms with E-state index in [1.807, 2.05) is 6.07 Å². The minimum absolute atomic E-state index is 0.119. The molecule has 108 valence electrons. The van der Waals surface area contributed by atoms with Crippen molar-refractivity contribution in [1.29, 1.82) is 0 Å². The molecule has 1 fully saturated rings. The molecular weight excluding hydrogens is 268 g/mol. The number of aliphatic hydroxyl groups is 1. The Labute approximate surface area is 122 Å². The van der Waals surface area contributed by atoms with Gasteiger partial charge in [0.15, 0.2) is 0 Å². The molecule has 0 spiro atoms. The lowest BCUT2D eigenvalue weighted by Gasteiger charge is -2.17. The second-order valence-corrected chi connectivity index (χ2v) is 4.98. The van der Waals surface area contributed by atoms with E-state index in [9.17, 15) is 9.90 Å². The molecule has 1 aromatic carbocycles. The largest absolute Gasteiger partial charge is 0.455 e. The second-order valence-electron chi connectivity index (χ2n) is 4.98. The van der Waals surface area contributed by atoms with Crippen molar-refractivity contribution in [2.45, 2.75) is 12.5 Å². The van der Waals surface area contributed by atoms with Gasteiger partial charge in [0.05, 0.1) is 17.9 Å². The summed E-state index contributed by atoms with van der Waals surface area (Å²) in [5, 5.41) is 9.57. The Morgan fingerprint density at radius 1 is 1.29 bits per heavy atom. The topological polar surface area (TPSA) is 62.7 Å². The van der Waals surface area contributed by atoms with Gasteiger partial charge in [0, 0.05) is 19.3 Å². The number of β-amino-alcohol motifs (C(OH)–C–C–N with tert-alkyl or cyclic N) is 1. The summed E-state index contributed by atoms with van der Waals surface area (Å²) in [6.45, 7) is 0.946. The number of hydrogen-bond acceptors (Lipinski definition) is 4. The Hall–Kier alpha value is -2.40. The van der Waals surface area contributed by atoms with Crippen LogP contribution in [0.2, 0.25) is 0 Å². The van der Waals surface area contributed by atoms with Crippen LogP contribution in [0, 0.1) is 0 Å². The Balaban J connectivity index is 1.84. The molecule has 1 saturated heterocycles. The first-order valence-electron chi connectivity index (χ1n) is 6.88. The van der Waals surface area contributed by atoms with Crippen LogP contribution in [0.5, 0.6) is 11.5 Å². The van der Waals surface area contributed by atoms with Gasteiger partial charge in [-0.2, -0.15) is 0 Å². The molecule has 0 unspecified atom stereocenters. The molecule has 0 bridgehead atoms. The van der Waals surface area contributed by atoms with Gasteiger partial charge in [-0.1, -0.05) is 12.1 Å². The second kappa shape index (κ2) is 5.93. The monoisotopic (exact) mass is 284 g/mol. The van der Waals surface area contributed by atoms with Gasteiger partial charge < -0.3 is 14.7 Å². The molecule has 1 N–H and O–H groups in total. The van der Waals surface area contributed by atoms with E-state index >= 15 is 0 Å². The summed E-state index contributed by atoms with van der Waals surface area (Å²) in [6.07, 6.45) is 3.45. The zero-order valence-electron chi connectivity index (χ0n) is 11.5. The lowest BCUT2D eigenvalue weighted by Crippen LogP contribution is -2.29. The third-order valence-electron chi connectivity index (χ3n) is 3.43. The maximum atomic E-state index is 12.5. The lowest BCUT2D eigenvalue weighted by atomic mass is 10.1. The number of carbonyl (C=O) groups excluding carboxylic acids is 1. The van der Waals surface area contributed by atoms with Crippen LogP contribution in [0.15, 0.2) is 48.8 Å². The number of hydrogen-bond donors (Lipinski definition) is 1. The molecule has 5 heteroatoms. The highest BCUT2D eigenvalue weighted by Gasteiger charge is 2.27. The quantitative estimate of drug-likeness (QED) is 0.937. The summed E-state index contributed by atoms with van der Waals surface area (Å²) in [4.78, 5) is 18.2. The zero-order chi connectivity index (χ0) is 14.7. The lowest BCUT2D eigenvalue weighted by molar-refractivity contribution is 0.0762. The maximum absolute atomic E-state index is 12.5. The summed E-state index contributed by atoms with van der Waals surface area (Å²) in [7, 11) is 0. The van der Waals surface area contributed by atoms with Gasteiger partial charge in [-0.15, -0.1) is 0 Å². The first-order chi connectivity index (χ1) is 10.2. The number of ether oxygens (including phenoxy) is 1. The van der Waals surface area contributed by atoms with E-state index in [0.717, 1.165) is 0 Å². The number of rotatable bonds is 3. The molecule has 2 heterocycles. The number of aromatic nitrogens is 1. The Bertz CT molecular complexity index is 630. The first-order valence-corrected chi connectivity index (χ1v) is 6.88. The van der Waals surface area contributed by atoms with Crippen LogP contribution in [-0.4, -0.2) is 40.1 Å². The molecule has 5 nitrogen and oxygen atoms in total. The minimum Gasteiger partial charge on any atom is -0.455 e. The number of para-hydroxylation sites is 1. The molecule has 0 saturated carbocycles. The fraction of sp³-hybridized carbons (Fsp3) is 0.250. The highest BCUT2D eigenvalue weighted by Crippen LogP contribution is 2.26. The minimum atomic E-state index is -0.430. The molecule has 0 aliphatic carbocycles. The third kappa shape index (κ3) is 3.03. The fourth-order valence-electron chi connectivity index (χ4n) is 2.36. The summed E-state index contributed by atoms with van der Waals surface area (Å²) in [5.74, 6) is 0.960. The van der Waals surface area contributed by atoms with Crippen LogP contribution in [0.1, 0.15) is 16.8 Å². The molecule has 1 amide bonds. The van der Waals surface area contributed by atoms with Crippen molar-refractivity contribution in [2.24, 2.45) is 0 Å². The number of benzene rings is 1. The normalized spacial score (nSPS) is 17.8. The van der Waals surface area contributed by atoms with Gasteiger partial charge in [-0.25, -0.2) is 0 Å². The van der Waals surface area contributed by atoms with Crippen LogP contribution in [-0.2, 0) is 0 Å². The number of amides is 1. The van der Waals surface area contributed by atoms with Crippen LogP contribution < -0.4 is 4.74 Å². The summed E-state index contributed by atoms with van der Waals surface area (Å²) in [5.41, 5.74) is 0.496. The molecule has 1 aromatic heterocycles. The zero-order valence-corrected chi connectivity index (χ0v) is 11.5. The number of aliphatic hydroxyl groups excluding tert-OH is 1. The molecular formula is C16H16N2O3. The summed E-state index contributed by atoms with van der Waals surface area (Å²) in [6, 6.07) is 10.7. The highest BCUT2D eigenvalue weighted by atomic mass is 16.5. The number of nitrogens with zero attached hydrogens (tertiary/aromatic N) is 2. The van der Waals surface area contributed by atoms with Gasteiger partial charge in [0.25, 0.3) is 5.91 Å². The molecule has 0 radical (unpaired) electrons. The van der Waals surface area contributed by atoms with Crippen molar-refractivity contribution in [3.8, 4) is 11.5 Å². The number of pyridine rings is 1. The van der Waals surface area contributed by atoms with E-state index in [0.29, 0.717) is 36.6 Å². The Kier molecular flexibility index (Phi) is 3.83. The molecule has 3 rings (SSSR count). The van der Waals surface area contributed by atoms with Crippen LogP contribution in [0.4, 0.5) is 0 Å². The molecule has 2 aromatic rings. The van der Waals surface area contributed by atoms with Crippen molar-refractivity contribution in [2.75, 3.05) is 13.1 Å². The highest BCUT2D eigenvalue weighted by molar-refractivity contribution is 5.97. The van der Waals surface area contributed by atoms with Gasteiger partial charge in [-0.3, -0.25) is 9.78 Å². The van der Waals surface area contributed by atoms with E-state index in [1.54, 1.807) is 47.6 Å². The van der Waals surface area contributed by atoms with Crippen molar-refractivity contribution < 1.29 is 14.6 Å². The average Bonchev–Trinajstić information content (AvgIpc) is 2.95. The van der Waals surface area contributed by atoms with E-state index in [1.165, 1.54) is 0 Å². The predicted octanol–water partition coefficient (Wildman–Crippen LogP) is 2.08. The van der Waals surface area contributed by atoms with Gasteiger partial charge in [0.2, 0.25) is 0 Å². The number of carbonyl (C=O) groups is 1. The Morgan fingerprint density at radius 2 is 2.14 bits per heavy atom. The predicted molar refractivity (Wildman–Crippen MR) is 77.3 cm³/mol. The van der Waals surface area contributed by atoms with E-state index < -0.39 is 6.10 Å². The fourth-order valence-corrected chi connectivity index (χ4v) is 2.36. The van der Waals surface area contributed by atoms with Crippen molar-refractivity contribution in [3.05, 3.63) is 54.4 Å².